The third-order valence-corrected chi connectivity index (χ3v) is 2.21. The molecule has 17 heavy (non-hydrogen) atoms. The molecule has 0 bridgehead atoms. The topological polar surface area (TPSA) is 35.5 Å². The molecule has 0 heterocycles. The number of hydrogen-bond acceptors (Lipinski definition) is 3. The predicted molar refractivity (Wildman–Crippen MR) is 58.5 cm³/mol. The highest BCUT2D eigenvalue weighted by Gasteiger charge is 2.13. The lowest BCUT2D eigenvalue weighted by Gasteiger charge is -2.08. The van der Waals surface area contributed by atoms with Gasteiger partial charge in [-0.25, -0.2) is 13.6 Å². The Kier molecular flexibility index (Phi) is 5.15. The summed E-state index contributed by atoms with van der Waals surface area (Å²) >= 11 is 5.58. The monoisotopic (exact) mass is 264 g/mol. The van der Waals surface area contributed by atoms with Crippen molar-refractivity contribution >= 4 is 17.6 Å². The maximum absolute atomic E-state index is 12.5. The Balaban J connectivity index is 2.66. The van der Waals surface area contributed by atoms with Crippen molar-refractivity contribution in [1.82, 2.24) is 0 Å². The number of carbonyl (C=O) groups is 1. The average molecular weight is 265 g/mol. The maximum Gasteiger partial charge on any atom is 0.344 e. The molecule has 0 saturated heterocycles. The molecule has 0 N–H and O–H groups in total. The first-order valence-electron chi connectivity index (χ1n) is 4.90. The SMILES string of the molecule is CCOC(=O)COc1ccc(Cl)c(C(F)F)c1. The summed E-state index contributed by atoms with van der Waals surface area (Å²) in [4.78, 5) is 11.0. The Morgan fingerprint density at radius 2 is 2.18 bits per heavy atom. The lowest BCUT2D eigenvalue weighted by atomic mass is 10.2. The van der Waals surface area contributed by atoms with Gasteiger partial charge in [0.1, 0.15) is 5.75 Å². The van der Waals surface area contributed by atoms with Gasteiger partial charge in [0, 0.05) is 10.6 Å². The van der Waals surface area contributed by atoms with Crippen molar-refractivity contribution in [2.75, 3.05) is 13.2 Å². The minimum Gasteiger partial charge on any atom is -0.482 e. The molecular formula is C11H11ClF2O3. The van der Waals surface area contributed by atoms with E-state index in [4.69, 9.17) is 16.3 Å². The van der Waals surface area contributed by atoms with Gasteiger partial charge < -0.3 is 9.47 Å². The Hall–Kier alpha value is -1.36. The first-order valence-corrected chi connectivity index (χ1v) is 5.28. The van der Waals surface area contributed by atoms with E-state index in [1.807, 2.05) is 0 Å². The molecule has 0 spiro atoms. The molecule has 3 nitrogen and oxygen atoms in total. The van der Waals surface area contributed by atoms with Crippen LogP contribution in [0.4, 0.5) is 8.78 Å². The second-order valence-electron chi connectivity index (χ2n) is 3.08. The van der Waals surface area contributed by atoms with E-state index in [-0.39, 0.29) is 29.5 Å². The van der Waals surface area contributed by atoms with E-state index < -0.39 is 12.4 Å². The number of carbonyl (C=O) groups excluding carboxylic acids is 1. The minimum atomic E-state index is -2.69. The molecule has 0 aliphatic rings. The van der Waals surface area contributed by atoms with E-state index in [1.54, 1.807) is 6.92 Å². The van der Waals surface area contributed by atoms with Gasteiger partial charge in [-0.3, -0.25) is 0 Å². The molecule has 0 aliphatic heterocycles. The Morgan fingerprint density at radius 3 is 2.76 bits per heavy atom. The van der Waals surface area contributed by atoms with Crippen molar-refractivity contribution in [2.45, 2.75) is 13.3 Å². The van der Waals surface area contributed by atoms with Crippen molar-refractivity contribution in [2.24, 2.45) is 0 Å². The number of benzene rings is 1. The molecule has 0 aromatic heterocycles. The summed E-state index contributed by atoms with van der Waals surface area (Å²) in [6, 6.07) is 3.81. The van der Waals surface area contributed by atoms with E-state index in [0.29, 0.717) is 0 Å². The van der Waals surface area contributed by atoms with Crippen molar-refractivity contribution in [3.05, 3.63) is 28.8 Å². The zero-order valence-electron chi connectivity index (χ0n) is 9.08. The summed E-state index contributed by atoms with van der Waals surface area (Å²) in [7, 11) is 0. The molecule has 1 rings (SSSR count). The predicted octanol–water partition coefficient (Wildman–Crippen LogP) is 3.22. The van der Waals surface area contributed by atoms with Crippen LogP contribution in [0.5, 0.6) is 5.75 Å². The van der Waals surface area contributed by atoms with Crippen LogP contribution in [-0.2, 0) is 9.53 Å². The van der Waals surface area contributed by atoms with Gasteiger partial charge in [0.15, 0.2) is 6.61 Å². The van der Waals surface area contributed by atoms with Crippen LogP contribution in [0.15, 0.2) is 18.2 Å². The molecule has 6 heteroatoms. The molecule has 94 valence electrons. The standard InChI is InChI=1S/C11H11ClF2O3/c1-2-16-10(15)6-17-7-3-4-9(12)8(5-7)11(13)14/h3-5,11H,2,6H2,1H3. The third kappa shape index (κ3) is 4.19. The fourth-order valence-corrected chi connectivity index (χ4v) is 1.32. The number of halogens is 3. The van der Waals surface area contributed by atoms with Gasteiger partial charge in [0.25, 0.3) is 6.43 Å². The molecule has 0 atom stereocenters. The van der Waals surface area contributed by atoms with Crippen LogP contribution in [0.2, 0.25) is 5.02 Å². The summed E-state index contributed by atoms with van der Waals surface area (Å²) in [6.07, 6.45) is -2.69. The van der Waals surface area contributed by atoms with Crippen LogP contribution < -0.4 is 4.74 Å². The highest BCUT2D eigenvalue weighted by Crippen LogP contribution is 2.30. The van der Waals surface area contributed by atoms with Gasteiger partial charge in [-0.1, -0.05) is 11.6 Å². The second kappa shape index (κ2) is 6.39. The van der Waals surface area contributed by atoms with E-state index >= 15 is 0 Å². The highest BCUT2D eigenvalue weighted by atomic mass is 35.5. The van der Waals surface area contributed by atoms with Gasteiger partial charge >= 0.3 is 5.97 Å². The van der Waals surface area contributed by atoms with Crippen LogP contribution in [-0.4, -0.2) is 19.2 Å². The molecule has 0 fully saturated rings. The smallest absolute Gasteiger partial charge is 0.344 e. The first-order chi connectivity index (χ1) is 8.04. The summed E-state index contributed by atoms with van der Waals surface area (Å²) in [5.41, 5.74) is -0.326. The maximum atomic E-state index is 12.5. The van der Waals surface area contributed by atoms with Gasteiger partial charge in [-0.15, -0.1) is 0 Å². The van der Waals surface area contributed by atoms with E-state index in [1.165, 1.54) is 12.1 Å². The number of esters is 1. The van der Waals surface area contributed by atoms with Crippen LogP contribution in [0.25, 0.3) is 0 Å². The quantitative estimate of drug-likeness (QED) is 0.766. The number of alkyl halides is 2. The Bertz CT molecular complexity index is 396. The molecule has 0 saturated carbocycles. The fourth-order valence-electron chi connectivity index (χ4n) is 1.12. The van der Waals surface area contributed by atoms with Gasteiger partial charge in [-0.05, 0) is 25.1 Å². The molecule has 0 aliphatic carbocycles. The van der Waals surface area contributed by atoms with Crippen LogP contribution in [0.1, 0.15) is 18.9 Å². The van der Waals surface area contributed by atoms with Crippen molar-refractivity contribution in [3.63, 3.8) is 0 Å². The second-order valence-corrected chi connectivity index (χ2v) is 3.48. The number of rotatable bonds is 5. The number of ether oxygens (including phenoxy) is 2. The lowest BCUT2D eigenvalue weighted by molar-refractivity contribution is -0.145. The van der Waals surface area contributed by atoms with Crippen LogP contribution in [0, 0.1) is 0 Å². The summed E-state index contributed by atoms with van der Waals surface area (Å²) in [5.74, 6) is -0.404. The largest absolute Gasteiger partial charge is 0.482 e. The summed E-state index contributed by atoms with van der Waals surface area (Å²) in [5, 5.41) is -0.0384. The average Bonchev–Trinajstić information content (AvgIpc) is 2.28. The van der Waals surface area contributed by atoms with Crippen LogP contribution in [0.3, 0.4) is 0 Å². The number of hydrogen-bond donors (Lipinski definition) is 0. The van der Waals surface area contributed by atoms with Gasteiger partial charge in [0.05, 0.1) is 6.61 Å². The van der Waals surface area contributed by atoms with E-state index in [0.717, 1.165) is 6.07 Å². The molecule has 1 aromatic rings. The summed E-state index contributed by atoms with van der Waals surface area (Å²) < 4.78 is 34.6. The van der Waals surface area contributed by atoms with Gasteiger partial charge in [0.2, 0.25) is 0 Å². The molecule has 1 aromatic carbocycles. The third-order valence-electron chi connectivity index (χ3n) is 1.86. The Labute approximate surface area is 102 Å². The van der Waals surface area contributed by atoms with Crippen LogP contribution >= 0.6 is 11.6 Å². The highest BCUT2D eigenvalue weighted by molar-refractivity contribution is 6.31. The minimum absolute atomic E-state index is 0.0384. The first kappa shape index (κ1) is 13.7. The van der Waals surface area contributed by atoms with Crippen molar-refractivity contribution < 1.29 is 23.0 Å². The summed E-state index contributed by atoms with van der Waals surface area (Å²) in [6.45, 7) is 1.58. The van der Waals surface area contributed by atoms with Crippen molar-refractivity contribution in [3.8, 4) is 5.75 Å². The van der Waals surface area contributed by atoms with E-state index in [9.17, 15) is 13.6 Å². The molecule has 0 unspecified atom stereocenters. The van der Waals surface area contributed by atoms with Crippen molar-refractivity contribution in [1.29, 1.82) is 0 Å². The molecule has 0 radical (unpaired) electrons. The lowest BCUT2D eigenvalue weighted by Crippen LogP contribution is -2.14. The molecular weight excluding hydrogens is 254 g/mol. The van der Waals surface area contributed by atoms with Gasteiger partial charge in [-0.2, -0.15) is 0 Å². The normalized spacial score (nSPS) is 10.4. The fraction of sp³-hybridized carbons (Fsp3) is 0.364. The van der Waals surface area contributed by atoms with E-state index in [2.05, 4.69) is 4.74 Å². The molecule has 0 amide bonds. The zero-order chi connectivity index (χ0) is 12.8. The Morgan fingerprint density at radius 1 is 1.47 bits per heavy atom. The zero-order valence-corrected chi connectivity index (χ0v) is 9.84.